The molecular weight excluding hydrogens is 314 g/mol. The zero-order valence-electron chi connectivity index (χ0n) is 11.3. The van der Waals surface area contributed by atoms with Crippen molar-refractivity contribution in [3.05, 3.63) is 70.4 Å². The third kappa shape index (κ3) is 2.79. The molecule has 3 aromatic rings. The van der Waals surface area contributed by atoms with Crippen LogP contribution in [0, 0.1) is 0 Å². The van der Waals surface area contributed by atoms with E-state index in [0.29, 0.717) is 0 Å². The first-order valence-electron chi connectivity index (χ1n) is 6.69. The van der Waals surface area contributed by atoms with Gasteiger partial charge in [0.15, 0.2) is 0 Å². The molecule has 0 saturated carbocycles. The first kappa shape index (κ1) is 13.4. The molecule has 0 radical (unpaired) electrons. The van der Waals surface area contributed by atoms with Crippen LogP contribution in [0.5, 0.6) is 0 Å². The number of hydrogen-bond donors (Lipinski definition) is 1. The van der Waals surface area contributed by atoms with E-state index >= 15 is 0 Å². The van der Waals surface area contributed by atoms with Gasteiger partial charge in [-0.2, -0.15) is 0 Å². The SMILES string of the molecule is C[C@H](NCc1cc2ccccc2o1)c1ccccc1Br. The summed E-state index contributed by atoms with van der Waals surface area (Å²) in [6, 6.07) is 18.7. The minimum Gasteiger partial charge on any atom is -0.460 e. The first-order valence-corrected chi connectivity index (χ1v) is 7.48. The Balaban J connectivity index is 1.71. The highest BCUT2D eigenvalue weighted by Gasteiger charge is 2.09. The van der Waals surface area contributed by atoms with Gasteiger partial charge < -0.3 is 9.73 Å². The lowest BCUT2D eigenvalue weighted by atomic mass is 10.1. The Bertz CT molecular complexity index is 687. The van der Waals surface area contributed by atoms with E-state index in [4.69, 9.17) is 4.42 Å². The van der Waals surface area contributed by atoms with Gasteiger partial charge in [0.2, 0.25) is 0 Å². The van der Waals surface area contributed by atoms with E-state index < -0.39 is 0 Å². The number of furan rings is 1. The molecule has 0 aliphatic heterocycles. The fraction of sp³-hybridized carbons (Fsp3) is 0.176. The third-order valence-corrected chi connectivity index (χ3v) is 4.15. The summed E-state index contributed by atoms with van der Waals surface area (Å²) >= 11 is 3.59. The second-order valence-corrected chi connectivity index (χ2v) is 5.73. The van der Waals surface area contributed by atoms with Crippen molar-refractivity contribution < 1.29 is 4.42 Å². The smallest absolute Gasteiger partial charge is 0.134 e. The molecule has 102 valence electrons. The maximum absolute atomic E-state index is 5.81. The molecule has 2 nitrogen and oxygen atoms in total. The van der Waals surface area contributed by atoms with E-state index in [9.17, 15) is 0 Å². The number of halogens is 1. The predicted molar refractivity (Wildman–Crippen MR) is 85.6 cm³/mol. The summed E-state index contributed by atoms with van der Waals surface area (Å²) in [5.74, 6) is 0.963. The van der Waals surface area contributed by atoms with Gasteiger partial charge in [0.25, 0.3) is 0 Å². The Morgan fingerprint density at radius 3 is 2.65 bits per heavy atom. The molecule has 0 aliphatic carbocycles. The van der Waals surface area contributed by atoms with Crippen LogP contribution in [0.15, 0.2) is 63.5 Å². The van der Waals surface area contributed by atoms with Crippen molar-refractivity contribution in [1.82, 2.24) is 5.32 Å². The van der Waals surface area contributed by atoms with Crippen molar-refractivity contribution in [1.29, 1.82) is 0 Å². The van der Waals surface area contributed by atoms with Gasteiger partial charge >= 0.3 is 0 Å². The molecular formula is C17H16BrNO. The highest BCUT2D eigenvalue weighted by molar-refractivity contribution is 9.10. The lowest BCUT2D eigenvalue weighted by Crippen LogP contribution is -2.18. The molecule has 2 aromatic carbocycles. The Morgan fingerprint density at radius 2 is 1.85 bits per heavy atom. The van der Waals surface area contributed by atoms with Crippen molar-refractivity contribution in [2.24, 2.45) is 0 Å². The Labute approximate surface area is 126 Å². The van der Waals surface area contributed by atoms with Crippen LogP contribution in [0.25, 0.3) is 11.0 Å². The van der Waals surface area contributed by atoms with Crippen LogP contribution in [0.2, 0.25) is 0 Å². The largest absolute Gasteiger partial charge is 0.460 e. The molecule has 1 atom stereocenters. The van der Waals surface area contributed by atoms with Crippen LogP contribution in [0.4, 0.5) is 0 Å². The molecule has 3 heteroatoms. The van der Waals surface area contributed by atoms with Gasteiger partial charge in [0.1, 0.15) is 11.3 Å². The minimum atomic E-state index is 0.263. The number of rotatable bonds is 4. The first-order chi connectivity index (χ1) is 9.74. The highest BCUT2D eigenvalue weighted by Crippen LogP contribution is 2.24. The van der Waals surface area contributed by atoms with Crippen LogP contribution in [0.3, 0.4) is 0 Å². The molecule has 0 fully saturated rings. The summed E-state index contributed by atoms with van der Waals surface area (Å²) in [5.41, 5.74) is 2.20. The second-order valence-electron chi connectivity index (χ2n) is 4.87. The molecule has 0 aliphatic rings. The fourth-order valence-electron chi connectivity index (χ4n) is 2.31. The average molecular weight is 330 g/mol. The van der Waals surface area contributed by atoms with Crippen molar-refractivity contribution in [3.8, 4) is 0 Å². The fourth-order valence-corrected chi connectivity index (χ4v) is 2.94. The van der Waals surface area contributed by atoms with E-state index in [1.54, 1.807) is 0 Å². The zero-order chi connectivity index (χ0) is 13.9. The minimum absolute atomic E-state index is 0.263. The maximum Gasteiger partial charge on any atom is 0.134 e. The molecule has 1 N–H and O–H groups in total. The van der Waals surface area contributed by atoms with Gasteiger partial charge in [0, 0.05) is 15.9 Å². The van der Waals surface area contributed by atoms with Gasteiger partial charge in [-0.3, -0.25) is 0 Å². The molecule has 0 saturated heterocycles. The number of fused-ring (bicyclic) bond motifs is 1. The van der Waals surface area contributed by atoms with E-state index in [0.717, 1.165) is 27.7 Å². The van der Waals surface area contributed by atoms with Gasteiger partial charge in [-0.05, 0) is 30.7 Å². The standard InChI is InChI=1S/C17H16BrNO/c1-12(15-7-3-4-8-16(15)18)19-11-14-10-13-6-2-5-9-17(13)20-14/h2-10,12,19H,11H2,1H3/t12-/m0/s1. The Hall–Kier alpha value is -1.58. The zero-order valence-corrected chi connectivity index (χ0v) is 12.9. The third-order valence-electron chi connectivity index (χ3n) is 3.43. The lowest BCUT2D eigenvalue weighted by molar-refractivity contribution is 0.482. The van der Waals surface area contributed by atoms with Crippen LogP contribution in [0.1, 0.15) is 24.3 Å². The summed E-state index contributed by atoms with van der Waals surface area (Å²) in [7, 11) is 0. The average Bonchev–Trinajstić information content (AvgIpc) is 2.88. The van der Waals surface area contributed by atoms with Gasteiger partial charge in [-0.1, -0.05) is 52.3 Å². The molecule has 0 unspecified atom stereocenters. The van der Waals surface area contributed by atoms with E-state index in [1.807, 2.05) is 24.3 Å². The van der Waals surface area contributed by atoms with Crippen molar-refractivity contribution in [2.75, 3.05) is 0 Å². The number of benzene rings is 2. The Kier molecular flexibility index (Phi) is 3.90. The summed E-state index contributed by atoms with van der Waals surface area (Å²) in [6.45, 7) is 2.87. The number of nitrogens with one attached hydrogen (secondary N) is 1. The van der Waals surface area contributed by atoms with Gasteiger partial charge in [0.05, 0.1) is 6.54 Å². The Morgan fingerprint density at radius 1 is 1.10 bits per heavy atom. The maximum atomic E-state index is 5.81. The lowest BCUT2D eigenvalue weighted by Gasteiger charge is -2.14. The molecule has 1 heterocycles. The topological polar surface area (TPSA) is 25.2 Å². The van der Waals surface area contributed by atoms with Crippen LogP contribution < -0.4 is 5.32 Å². The van der Waals surface area contributed by atoms with Crippen LogP contribution in [-0.4, -0.2) is 0 Å². The van der Waals surface area contributed by atoms with Crippen molar-refractivity contribution in [2.45, 2.75) is 19.5 Å². The summed E-state index contributed by atoms with van der Waals surface area (Å²) in [6.07, 6.45) is 0. The highest BCUT2D eigenvalue weighted by atomic mass is 79.9. The number of para-hydroxylation sites is 1. The van der Waals surface area contributed by atoms with Gasteiger partial charge in [-0.25, -0.2) is 0 Å². The van der Waals surface area contributed by atoms with E-state index in [2.05, 4.69) is 58.5 Å². The normalized spacial score (nSPS) is 12.7. The summed E-state index contributed by atoms with van der Waals surface area (Å²) in [4.78, 5) is 0. The number of hydrogen-bond acceptors (Lipinski definition) is 2. The van der Waals surface area contributed by atoms with Gasteiger partial charge in [-0.15, -0.1) is 0 Å². The van der Waals surface area contributed by atoms with E-state index in [1.165, 1.54) is 5.56 Å². The monoisotopic (exact) mass is 329 g/mol. The van der Waals surface area contributed by atoms with Crippen LogP contribution >= 0.6 is 15.9 Å². The van der Waals surface area contributed by atoms with E-state index in [-0.39, 0.29) is 6.04 Å². The molecule has 0 amide bonds. The predicted octanol–water partition coefficient (Wildman–Crippen LogP) is 5.05. The quantitative estimate of drug-likeness (QED) is 0.724. The molecule has 20 heavy (non-hydrogen) atoms. The molecule has 0 spiro atoms. The molecule has 0 bridgehead atoms. The second kappa shape index (κ2) is 5.81. The van der Waals surface area contributed by atoms with Crippen LogP contribution in [-0.2, 0) is 6.54 Å². The summed E-state index contributed by atoms with van der Waals surface area (Å²) < 4.78 is 6.94. The van der Waals surface area contributed by atoms with Crippen molar-refractivity contribution in [3.63, 3.8) is 0 Å². The summed E-state index contributed by atoms with van der Waals surface area (Å²) in [5, 5.41) is 4.64. The molecule has 1 aromatic heterocycles. The molecule has 3 rings (SSSR count). The van der Waals surface area contributed by atoms with Crippen molar-refractivity contribution >= 4 is 26.9 Å².